The molecule has 2 heterocycles. The highest BCUT2D eigenvalue weighted by molar-refractivity contribution is 5.93. The van der Waals surface area contributed by atoms with E-state index in [0.717, 1.165) is 50.8 Å². The second-order valence-electron chi connectivity index (χ2n) is 9.60. The molecule has 0 saturated carbocycles. The van der Waals surface area contributed by atoms with E-state index in [2.05, 4.69) is 65.7 Å². The van der Waals surface area contributed by atoms with Crippen molar-refractivity contribution >= 4 is 5.71 Å². The van der Waals surface area contributed by atoms with E-state index in [1.54, 1.807) is 7.11 Å². The van der Waals surface area contributed by atoms with Gasteiger partial charge in [-0.05, 0) is 63.5 Å². The molecule has 0 N–H and O–H groups in total. The minimum Gasteiger partial charge on any atom is -0.382 e. The van der Waals surface area contributed by atoms with Gasteiger partial charge in [0.25, 0.3) is 0 Å². The van der Waals surface area contributed by atoms with Gasteiger partial charge in [-0.15, -0.1) is 0 Å². The van der Waals surface area contributed by atoms with Crippen molar-refractivity contribution in [3.63, 3.8) is 0 Å². The molecule has 0 aliphatic carbocycles. The number of ether oxygens (including phenoxy) is 3. The van der Waals surface area contributed by atoms with Crippen molar-refractivity contribution in [3.05, 3.63) is 71.8 Å². The molecular formula is C28H38N2O3. The van der Waals surface area contributed by atoms with Crippen LogP contribution >= 0.6 is 0 Å². The summed E-state index contributed by atoms with van der Waals surface area (Å²) in [7, 11) is 1.77. The Morgan fingerprint density at radius 2 is 1.45 bits per heavy atom. The first-order valence-corrected chi connectivity index (χ1v) is 12.3. The molecule has 178 valence electrons. The molecule has 2 saturated heterocycles. The Morgan fingerprint density at radius 1 is 0.909 bits per heavy atom. The van der Waals surface area contributed by atoms with Crippen LogP contribution in [0, 0.1) is 0 Å². The van der Waals surface area contributed by atoms with Gasteiger partial charge in [0, 0.05) is 13.7 Å². The molecule has 2 aromatic carbocycles. The molecule has 3 atom stereocenters. The van der Waals surface area contributed by atoms with E-state index in [-0.39, 0.29) is 12.2 Å². The number of nitrogens with zero attached hydrogens (tertiary/aromatic N) is 2. The van der Waals surface area contributed by atoms with E-state index in [4.69, 9.17) is 19.3 Å². The van der Waals surface area contributed by atoms with Crippen molar-refractivity contribution in [1.82, 2.24) is 5.01 Å². The quantitative estimate of drug-likeness (QED) is 0.524. The van der Waals surface area contributed by atoms with Gasteiger partial charge in [-0.3, -0.25) is 5.01 Å². The zero-order valence-corrected chi connectivity index (χ0v) is 20.3. The molecule has 33 heavy (non-hydrogen) atoms. The minimum atomic E-state index is -0.640. The lowest BCUT2D eigenvalue weighted by molar-refractivity contribution is -0.258. The largest absolute Gasteiger partial charge is 0.382 e. The molecule has 0 spiro atoms. The highest BCUT2D eigenvalue weighted by Crippen LogP contribution is 2.31. The summed E-state index contributed by atoms with van der Waals surface area (Å²) in [4.78, 5) is 0. The van der Waals surface area contributed by atoms with Gasteiger partial charge >= 0.3 is 0 Å². The summed E-state index contributed by atoms with van der Waals surface area (Å²) in [5.74, 6) is -0.640. The molecule has 0 bridgehead atoms. The second-order valence-corrected chi connectivity index (χ2v) is 9.60. The summed E-state index contributed by atoms with van der Waals surface area (Å²) in [5, 5.41) is 7.43. The number of hydrogen-bond donors (Lipinski definition) is 0. The predicted molar refractivity (Wildman–Crippen MR) is 132 cm³/mol. The zero-order chi connectivity index (χ0) is 23.1. The van der Waals surface area contributed by atoms with Gasteiger partial charge in [0.05, 0.1) is 18.4 Å². The third-order valence-corrected chi connectivity index (χ3v) is 6.54. The topological polar surface area (TPSA) is 43.3 Å². The third kappa shape index (κ3) is 6.66. The maximum absolute atomic E-state index is 6.49. The summed E-state index contributed by atoms with van der Waals surface area (Å²) in [5.41, 5.74) is 3.68. The van der Waals surface area contributed by atoms with E-state index in [1.165, 1.54) is 11.1 Å². The molecule has 5 nitrogen and oxygen atoms in total. The first kappa shape index (κ1) is 23.9. The molecule has 5 heteroatoms. The van der Waals surface area contributed by atoms with Crippen LogP contribution in [0.3, 0.4) is 0 Å². The SMILES string of the molecule is COC[C@@H]1CCCN1N=C1[C@H](CCc2ccccc2)OC(C)(C)O[C@H]1CCc1ccccc1. The molecular weight excluding hydrogens is 412 g/mol. The minimum absolute atomic E-state index is 0.0708. The van der Waals surface area contributed by atoms with Gasteiger partial charge in [0.1, 0.15) is 12.2 Å². The summed E-state index contributed by atoms with van der Waals surface area (Å²) in [6, 6.07) is 21.6. The fourth-order valence-electron chi connectivity index (χ4n) is 4.93. The van der Waals surface area contributed by atoms with Gasteiger partial charge in [0.15, 0.2) is 5.79 Å². The fraction of sp³-hybridized carbons (Fsp3) is 0.536. The molecule has 4 rings (SSSR count). The van der Waals surface area contributed by atoms with Gasteiger partial charge < -0.3 is 14.2 Å². The first-order chi connectivity index (χ1) is 16.0. The van der Waals surface area contributed by atoms with E-state index >= 15 is 0 Å². The number of hydrazone groups is 1. The van der Waals surface area contributed by atoms with Crippen molar-refractivity contribution in [2.45, 2.75) is 76.4 Å². The van der Waals surface area contributed by atoms with Crippen molar-refractivity contribution in [3.8, 4) is 0 Å². The Labute approximate surface area is 198 Å². The average molecular weight is 451 g/mol. The summed E-state index contributed by atoms with van der Waals surface area (Å²) >= 11 is 0. The molecule has 0 radical (unpaired) electrons. The Bertz CT molecular complexity index is 827. The van der Waals surface area contributed by atoms with Crippen LogP contribution in [0.1, 0.15) is 50.7 Å². The first-order valence-electron chi connectivity index (χ1n) is 12.3. The number of aryl methyl sites for hydroxylation is 2. The van der Waals surface area contributed by atoms with Crippen LogP contribution in [0.4, 0.5) is 0 Å². The normalized spacial score (nSPS) is 24.8. The standard InChI is InChI=1S/C28H38N2O3/c1-28(2)32-25(18-16-22-11-6-4-7-12-22)27(29-30-20-10-15-24(30)21-31-3)26(33-28)19-17-23-13-8-5-9-14-23/h4-9,11-14,24-26H,10,15-21H2,1-3H3/t24-,25-,26-/m0/s1. The second kappa shape index (κ2) is 11.3. The summed E-state index contributed by atoms with van der Waals surface area (Å²) in [6.07, 6.45) is 5.79. The van der Waals surface area contributed by atoms with Crippen molar-refractivity contribution in [2.24, 2.45) is 5.10 Å². The number of benzene rings is 2. The van der Waals surface area contributed by atoms with Crippen molar-refractivity contribution in [1.29, 1.82) is 0 Å². The van der Waals surface area contributed by atoms with Crippen LogP contribution in [0.5, 0.6) is 0 Å². The van der Waals surface area contributed by atoms with Gasteiger partial charge in [-0.2, -0.15) is 5.10 Å². The molecule has 2 aromatic rings. The van der Waals surface area contributed by atoms with E-state index < -0.39 is 5.79 Å². The summed E-state index contributed by atoms with van der Waals surface area (Å²) < 4.78 is 18.4. The van der Waals surface area contributed by atoms with Crippen molar-refractivity contribution in [2.75, 3.05) is 20.3 Å². The van der Waals surface area contributed by atoms with E-state index in [1.807, 2.05) is 13.8 Å². The summed E-state index contributed by atoms with van der Waals surface area (Å²) in [6.45, 7) is 5.71. The Morgan fingerprint density at radius 3 is 1.97 bits per heavy atom. The lowest BCUT2D eigenvalue weighted by atomic mass is 9.95. The highest BCUT2D eigenvalue weighted by Gasteiger charge is 2.41. The lowest BCUT2D eigenvalue weighted by Gasteiger charge is -2.42. The highest BCUT2D eigenvalue weighted by atomic mass is 16.7. The van der Waals surface area contributed by atoms with Crippen molar-refractivity contribution < 1.29 is 14.2 Å². The van der Waals surface area contributed by atoms with Crippen LogP contribution in [-0.2, 0) is 27.1 Å². The lowest BCUT2D eigenvalue weighted by Crippen LogP contribution is -2.53. The zero-order valence-electron chi connectivity index (χ0n) is 20.3. The Kier molecular flexibility index (Phi) is 8.18. The molecule has 2 aliphatic heterocycles. The van der Waals surface area contributed by atoms with E-state index in [0.29, 0.717) is 12.6 Å². The fourth-order valence-corrected chi connectivity index (χ4v) is 4.93. The van der Waals surface area contributed by atoms with Crippen LogP contribution in [0.15, 0.2) is 65.8 Å². The number of methoxy groups -OCH3 is 1. The van der Waals surface area contributed by atoms with Crippen LogP contribution < -0.4 is 0 Å². The predicted octanol–water partition coefficient (Wildman–Crippen LogP) is 5.24. The monoisotopic (exact) mass is 450 g/mol. The maximum Gasteiger partial charge on any atom is 0.164 e. The Hall–Kier alpha value is -2.21. The molecule has 0 unspecified atom stereocenters. The molecule has 0 amide bonds. The number of rotatable bonds is 9. The third-order valence-electron chi connectivity index (χ3n) is 6.54. The van der Waals surface area contributed by atoms with Gasteiger partial charge in [0.2, 0.25) is 0 Å². The molecule has 2 aliphatic rings. The van der Waals surface area contributed by atoms with E-state index in [9.17, 15) is 0 Å². The Balaban J connectivity index is 1.57. The maximum atomic E-state index is 6.49. The average Bonchev–Trinajstić information content (AvgIpc) is 3.26. The van der Waals surface area contributed by atoms with Crippen LogP contribution in [-0.4, -0.2) is 55.0 Å². The number of hydrogen-bond acceptors (Lipinski definition) is 5. The van der Waals surface area contributed by atoms with Crippen LogP contribution in [0.25, 0.3) is 0 Å². The smallest absolute Gasteiger partial charge is 0.164 e. The molecule has 0 aromatic heterocycles. The van der Waals surface area contributed by atoms with Gasteiger partial charge in [-0.1, -0.05) is 60.7 Å². The van der Waals surface area contributed by atoms with Crippen LogP contribution in [0.2, 0.25) is 0 Å². The molecule has 2 fully saturated rings. The van der Waals surface area contributed by atoms with Gasteiger partial charge in [-0.25, -0.2) is 0 Å².